The fourth-order valence-corrected chi connectivity index (χ4v) is 5.27. The largest absolute Gasteiger partial charge is 0.282 e. The molecule has 31 heavy (non-hydrogen) atoms. The zero-order valence-electron chi connectivity index (χ0n) is 17.8. The molecule has 1 aliphatic rings. The number of hydrogen-bond donors (Lipinski definition) is 1. The van der Waals surface area contributed by atoms with Crippen LogP contribution in [0, 0.1) is 11.7 Å². The molecule has 164 valence electrons. The summed E-state index contributed by atoms with van der Waals surface area (Å²) in [4.78, 5) is 7.02. The van der Waals surface area contributed by atoms with Gasteiger partial charge >= 0.3 is 0 Å². The highest BCUT2D eigenvalue weighted by Crippen LogP contribution is 2.19. The van der Waals surface area contributed by atoms with Crippen LogP contribution in [-0.4, -0.2) is 58.6 Å². The summed E-state index contributed by atoms with van der Waals surface area (Å²) in [7, 11) is -3.46. The summed E-state index contributed by atoms with van der Waals surface area (Å²) in [6.45, 7) is 6.78. The van der Waals surface area contributed by atoms with E-state index in [9.17, 15) is 8.42 Å². The molecule has 0 unspecified atom stereocenters. The number of nitrogens with zero attached hydrogens (tertiary/aromatic N) is 4. The smallest absolute Gasteiger partial charge is 0.243 e. The maximum Gasteiger partial charge on any atom is 0.243 e. The van der Waals surface area contributed by atoms with Gasteiger partial charge in [0.25, 0.3) is 0 Å². The average molecular weight is 458 g/mol. The monoisotopic (exact) mass is 457 g/mol. The van der Waals surface area contributed by atoms with Crippen molar-refractivity contribution in [1.82, 2.24) is 24.0 Å². The van der Waals surface area contributed by atoms with E-state index in [1.807, 2.05) is 35.9 Å². The van der Waals surface area contributed by atoms with E-state index in [1.165, 1.54) is 5.56 Å². The molecule has 1 saturated heterocycles. The van der Waals surface area contributed by atoms with Gasteiger partial charge in [-0.15, -0.1) is 0 Å². The number of H-pyrrole nitrogens is 1. The van der Waals surface area contributed by atoms with Gasteiger partial charge in [0.05, 0.1) is 11.6 Å². The topological polar surface area (TPSA) is 74.2 Å². The molecule has 1 aromatic heterocycles. The van der Waals surface area contributed by atoms with E-state index in [4.69, 9.17) is 12.2 Å². The molecule has 0 saturated carbocycles. The van der Waals surface area contributed by atoms with Crippen molar-refractivity contribution in [3.63, 3.8) is 0 Å². The standard InChI is InChI=1S/C22H27N5O2S2/c1-3-18-6-8-19(9-7-18)21-23-22(30)27(24-21)16-25-12-14-26(15-13-25)31(28,29)20-10-4-17(2)5-11-20/h4-11H,3,12-16H2,1-2H3,(H,23,24,30). The lowest BCUT2D eigenvalue weighted by Gasteiger charge is -2.33. The summed E-state index contributed by atoms with van der Waals surface area (Å²) in [5.41, 5.74) is 3.32. The van der Waals surface area contributed by atoms with Crippen molar-refractivity contribution >= 4 is 22.2 Å². The third-order valence-electron chi connectivity index (χ3n) is 5.65. The fourth-order valence-electron chi connectivity index (χ4n) is 3.65. The Morgan fingerprint density at radius 2 is 1.65 bits per heavy atom. The lowest BCUT2D eigenvalue weighted by molar-refractivity contribution is 0.145. The number of piperazine rings is 1. The van der Waals surface area contributed by atoms with Crippen LogP contribution < -0.4 is 0 Å². The predicted octanol–water partition coefficient (Wildman–Crippen LogP) is 3.44. The van der Waals surface area contributed by atoms with E-state index in [2.05, 4.69) is 34.0 Å². The van der Waals surface area contributed by atoms with Crippen molar-refractivity contribution in [2.45, 2.75) is 31.8 Å². The molecule has 1 N–H and O–H groups in total. The number of aryl methyl sites for hydroxylation is 2. The molecule has 2 aromatic carbocycles. The van der Waals surface area contributed by atoms with Crippen LogP contribution >= 0.6 is 12.2 Å². The average Bonchev–Trinajstić information content (AvgIpc) is 3.14. The van der Waals surface area contributed by atoms with Crippen LogP contribution in [0.15, 0.2) is 53.4 Å². The number of sulfonamides is 1. The van der Waals surface area contributed by atoms with Crippen LogP contribution in [0.5, 0.6) is 0 Å². The van der Waals surface area contributed by atoms with Crippen LogP contribution in [-0.2, 0) is 23.1 Å². The molecule has 0 bridgehead atoms. The molecule has 7 nitrogen and oxygen atoms in total. The van der Waals surface area contributed by atoms with Crippen molar-refractivity contribution in [2.24, 2.45) is 0 Å². The van der Waals surface area contributed by atoms with Gasteiger partial charge in [-0.2, -0.15) is 9.29 Å². The number of aromatic nitrogens is 3. The van der Waals surface area contributed by atoms with Crippen molar-refractivity contribution in [2.75, 3.05) is 26.2 Å². The van der Waals surface area contributed by atoms with Gasteiger partial charge in [-0.1, -0.05) is 48.9 Å². The Labute approximate surface area is 188 Å². The normalized spacial score (nSPS) is 15.9. The van der Waals surface area contributed by atoms with Crippen molar-refractivity contribution < 1.29 is 8.42 Å². The first-order valence-corrected chi connectivity index (χ1v) is 12.3. The lowest BCUT2D eigenvalue weighted by Crippen LogP contribution is -2.48. The van der Waals surface area contributed by atoms with E-state index in [1.54, 1.807) is 16.4 Å². The highest BCUT2D eigenvalue weighted by Gasteiger charge is 2.28. The number of nitrogens with one attached hydrogen (secondary N) is 1. The minimum atomic E-state index is -3.46. The zero-order chi connectivity index (χ0) is 22.0. The molecule has 0 atom stereocenters. The quantitative estimate of drug-likeness (QED) is 0.574. The molecule has 0 aliphatic carbocycles. The molecule has 4 rings (SSSR count). The van der Waals surface area contributed by atoms with E-state index >= 15 is 0 Å². The van der Waals surface area contributed by atoms with Gasteiger partial charge in [0.15, 0.2) is 5.82 Å². The molecule has 2 heterocycles. The highest BCUT2D eigenvalue weighted by atomic mass is 32.2. The van der Waals surface area contributed by atoms with Crippen molar-refractivity contribution in [3.05, 3.63) is 64.4 Å². The van der Waals surface area contributed by atoms with Crippen LogP contribution in [0.3, 0.4) is 0 Å². The van der Waals surface area contributed by atoms with Crippen molar-refractivity contribution in [1.29, 1.82) is 0 Å². The Morgan fingerprint density at radius 1 is 1.00 bits per heavy atom. The minimum absolute atomic E-state index is 0.348. The second-order valence-electron chi connectivity index (χ2n) is 7.81. The maximum atomic E-state index is 12.9. The molecular weight excluding hydrogens is 430 g/mol. The Kier molecular flexibility index (Phi) is 6.38. The first kappa shape index (κ1) is 21.9. The summed E-state index contributed by atoms with van der Waals surface area (Å²) in [6, 6.07) is 15.3. The van der Waals surface area contributed by atoms with Gasteiger partial charge < -0.3 is 0 Å². The third-order valence-corrected chi connectivity index (χ3v) is 7.87. The van der Waals surface area contributed by atoms with Crippen molar-refractivity contribution in [3.8, 4) is 11.4 Å². The van der Waals surface area contributed by atoms with Crippen LogP contribution in [0.25, 0.3) is 11.4 Å². The third kappa shape index (κ3) is 4.79. The zero-order valence-corrected chi connectivity index (χ0v) is 19.4. The summed E-state index contributed by atoms with van der Waals surface area (Å²) in [6.07, 6.45) is 0.996. The number of aromatic amines is 1. The van der Waals surface area contributed by atoms with Crippen LogP contribution in [0.4, 0.5) is 0 Å². The first-order valence-electron chi connectivity index (χ1n) is 10.4. The molecule has 3 aromatic rings. The van der Waals surface area contributed by atoms with Gasteiger partial charge in [0.1, 0.15) is 0 Å². The summed E-state index contributed by atoms with van der Waals surface area (Å²) in [5, 5.41) is 3.28. The highest BCUT2D eigenvalue weighted by molar-refractivity contribution is 7.89. The maximum absolute atomic E-state index is 12.9. The van der Waals surface area contributed by atoms with E-state index in [0.717, 1.165) is 23.4 Å². The molecule has 9 heteroatoms. The van der Waals surface area contributed by atoms with E-state index in [-0.39, 0.29) is 0 Å². The Bertz CT molecular complexity index is 1190. The Morgan fingerprint density at radius 3 is 2.26 bits per heavy atom. The van der Waals surface area contributed by atoms with Gasteiger partial charge in [-0.25, -0.2) is 13.1 Å². The second-order valence-corrected chi connectivity index (χ2v) is 10.1. The van der Waals surface area contributed by atoms with E-state index in [0.29, 0.717) is 42.5 Å². The van der Waals surface area contributed by atoms with Gasteiger partial charge in [0.2, 0.25) is 14.8 Å². The Balaban J connectivity index is 1.40. The van der Waals surface area contributed by atoms with Crippen LogP contribution in [0.2, 0.25) is 0 Å². The summed E-state index contributed by atoms with van der Waals surface area (Å²) in [5.74, 6) is 0.744. The predicted molar refractivity (Wildman–Crippen MR) is 124 cm³/mol. The Hall–Kier alpha value is -2.33. The van der Waals surface area contributed by atoms with Crippen LogP contribution in [0.1, 0.15) is 18.1 Å². The minimum Gasteiger partial charge on any atom is -0.282 e. The molecule has 0 radical (unpaired) electrons. The molecular formula is C22H27N5O2S2. The SMILES string of the molecule is CCc1ccc(-c2nc(=S)n(CN3CCN(S(=O)(=O)c4ccc(C)cc4)CC3)[nH]2)cc1. The summed E-state index contributed by atoms with van der Waals surface area (Å²) >= 11 is 5.43. The number of benzene rings is 2. The molecule has 0 amide bonds. The lowest BCUT2D eigenvalue weighted by atomic mass is 10.1. The second kappa shape index (κ2) is 9.04. The van der Waals surface area contributed by atoms with Gasteiger partial charge in [-0.05, 0) is 43.3 Å². The van der Waals surface area contributed by atoms with E-state index < -0.39 is 10.0 Å². The molecule has 1 aliphatic heterocycles. The van der Waals surface area contributed by atoms with Gasteiger partial charge in [-0.3, -0.25) is 10.00 Å². The summed E-state index contributed by atoms with van der Waals surface area (Å²) < 4.78 is 29.7. The molecule has 0 spiro atoms. The number of rotatable bonds is 6. The van der Waals surface area contributed by atoms with Gasteiger partial charge in [0, 0.05) is 31.7 Å². The fraction of sp³-hybridized carbons (Fsp3) is 0.364. The molecule has 1 fully saturated rings. The first-order chi connectivity index (χ1) is 14.9. The number of hydrogen-bond acceptors (Lipinski definition) is 5.